The molecule has 10 aromatic carbocycles. The predicted octanol–water partition coefficient (Wildman–Crippen LogP) is 16.5. The number of fused-ring (bicyclic) bond motifs is 2. The highest BCUT2D eigenvalue weighted by molar-refractivity contribution is 6.06. The second-order valence-electron chi connectivity index (χ2n) is 16.5. The van der Waals surface area contributed by atoms with Crippen LogP contribution in [0.25, 0.3) is 117 Å². The van der Waals surface area contributed by atoms with E-state index in [1.54, 1.807) is 0 Å². The molecule has 0 aliphatic heterocycles. The smallest absolute Gasteiger partial charge is 0.164 e. The Kier molecular flexibility index (Phi) is 10.3. The minimum atomic E-state index is 0.616. The van der Waals surface area contributed by atoms with Gasteiger partial charge >= 0.3 is 0 Å². The minimum Gasteiger partial charge on any atom is -0.208 e. The monoisotopic (exact) mass is 829 g/mol. The average Bonchev–Trinajstić information content (AvgIpc) is 3.38. The fourth-order valence-corrected chi connectivity index (χ4v) is 9.24. The maximum atomic E-state index is 5.24. The number of aromatic nitrogens is 3. The molecule has 0 aliphatic carbocycles. The van der Waals surface area contributed by atoms with Crippen LogP contribution in [-0.2, 0) is 0 Å². The molecule has 3 heteroatoms. The average molecular weight is 830 g/mol. The van der Waals surface area contributed by atoms with Crippen molar-refractivity contribution in [1.82, 2.24) is 15.0 Å². The third-order valence-electron chi connectivity index (χ3n) is 12.3. The fourth-order valence-electron chi connectivity index (χ4n) is 9.24. The van der Waals surface area contributed by atoms with Crippen molar-refractivity contribution in [1.29, 1.82) is 0 Å². The first-order chi connectivity index (χ1) is 32.1. The first kappa shape index (κ1) is 39.3. The number of allylic oxidation sites excluding steroid dienone is 1. The number of hydrogen-bond acceptors (Lipinski definition) is 3. The van der Waals surface area contributed by atoms with Crippen LogP contribution >= 0.6 is 0 Å². The second-order valence-corrected chi connectivity index (χ2v) is 16.5. The van der Waals surface area contributed by atoms with Crippen LogP contribution in [0.3, 0.4) is 0 Å². The van der Waals surface area contributed by atoms with E-state index >= 15 is 0 Å². The molecule has 11 aromatic rings. The number of hydrogen-bond donors (Lipinski definition) is 0. The fraction of sp³-hybridized carbons (Fsp3) is 0.0161. The van der Waals surface area contributed by atoms with E-state index in [2.05, 4.69) is 244 Å². The van der Waals surface area contributed by atoms with Gasteiger partial charge in [0.15, 0.2) is 17.5 Å². The van der Waals surface area contributed by atoms with Gasteiger partial charge in [-0.15, -0.1) is 0 Å². The highest BCUT2D eigenvalue weighted by Gasteiger charge is 2.24. The molecule has 0 N–H and O–H groups in total. The summed E-state index contributed by atoms with van der Waals surface area (Å²) in [5.41, 5.74) is 16.4. The molecule has 0 saturated heterocycles. The molecule has 0 unspecified atom stereocenters. The predicted molar refractivity (Wildman–Crippen MR) is 273 cm³/mol. The van der Waals surface area contributed by atoms with Crippen molar-refractivity contribution in [2.75, 3.05) is 0 Å². The quantitative estimate of drug-likeness (QED) is 0.145. The van der Waals surface area contributed by atoms with Crippen molar-refractivity contribution < 1.29 is 0 Å². The Balaban J connectivity index is 1.10. The summed E-state index contributed by atoms with van der Waals surface area (Å²) in [5.74, 6) is 1.89. The molecule has 0 amide bonds. The standard InChI is InChI=1S/C62H43N3/c1-41(2)55-40-56(58(45-24-8-4-9-25-45)59(46-26-10-5-11-27-46)57(55)44-22-6-3-7-23-44)49-32-16-30-47(38-49)48-31-17-33-50(39-48)60-63-61(53-36-18-28-42-20-12-14-34-51(42)53)65-62(64-60)54-37-19-29-43-21-13-15-35-52(43)54/h3-40H,1H2,2H3. The lowest BCUT2D eigenvalue weighted by Crippen LogP contribution is -2.01. The van der Waals surface area contributed by atoms with E-state index in [1.165, 1.54) is 16.7 Å². The van der Waals surface area contributed by atoms with E-state index in [0.717, 1.165) is 88.3 Å². The van der Waals surface area contributed by atoms with Gasteiger partial charge in [0.05, 0.1) is 0 Å². The third kappa shape index (κ3) is 7.49. The Bertz CT molecular complexity index is 3450. The second kappa shape index (κ2) is 17.0. The summed E-state index contributed by atoms with van der Waals surface area (Å²) in [6.45, 7) is 6.67. The molecule has 0 aliphatic rings. The molecule has 3 nitrogen and oxygen atoms in total. The van der Waals surface area contributed by atoms with Gasteiger partial charge in [0.2, 0.25) is 0 Å². The molecule has 0 spiro atoms. The maximum absolute atomic E-state index is 5.24. The summed E-state index contributed by atoms with van der Waals surface area (Å²) in [6.07, 6.45) is 0. The summed E-state index contributed by atoms with van der Waals surface area (Å²) in [5, 5.41) is 4.46. The van der Waals surface area contributed by atoms with E-state index < -0.39 is 0 Å². The van der Waals surface area contributed by atoms with Crippen LogP contribution in [0.1, 0.15) is 12.5 Å². The molecule has 0 fully saturated rings. The van der Waals surface area contributed by atoms with Crippen LogP contribution in [-0.4, -0.2) is 15.0 Å². The van der Waals surface area contributed by atoms with Gasteiger partial charge in [0, 0.05) is 16.7 Å². The SMILES string of the molecule is C=C(C)c1cc(-c2cccc(-c3cccc(-c4nc(-c5cccc6ccccc56)nc(-c5cccc6ccccc56)n4)c3)c2)c(-c2ccccc2)c(-c2ccccc2)c1-c1ccccc1. The van der Waals surface area contributed by atoms with Crippen LogP contribution in [0.2, 0.25) is 0 Å². The van der Waals surface area contributed by atoms with E-state index in [1.807, 2.05) is 0 Å². The third-order valence-corrected chi connectivity index (χ3v) is 12.3. The van der Waals surface area contributed by atoms with Crippen molar-refractivity contribution in [2.45, 2.75) is 6.92 Å². The summed E-state index contributed by atoms with van der Waals surface area (Å²) < 4.78 is 0. The van der Waals surface area contributed by atoms with Gasteiger partial charge in [0.1, 0.15) is 0 Å². The van der Waals surface area contributed by atoms with Crippen LogP contribution < -0.4 is 0 Å². The molecule has 0 radical (unpaired) electrons. The Labute approximate surface area is 379 Å². The molecule has 0 saturated carbocycles. The molecule has 0 atom stereocenters. The Hall–Kier alpha value is -8.53. The Morgan fingerprint density at radius 2 is 0.692 bits per heavy atom. The number of rotatable bonds is 9. The summed E-state index contributed by atoms with van der Waals surface area (Å²) in [7, 11) is 0. The maximum Gasteiger partial charge on any atom is 0.164 e. The van der Waals surface area contributed by atoms with Gasteiger partial charge in [-0.3, -0.25) is 0 Å². The number of nitrogens with zero attached hydrogens (tertiary/aromatic N) is 3. The minimum absolute atomic E-state index is 0.616. The molecule has 306 valence electrons. The highest BCUT2D eigenvalue weighted by Crippen LogP contribution is 2.49. The summed E-state index contributed by atoms with van der Waals surface area (Å²) >= 11 is 0. The molecule has 1 heterocycles. The van der Waals surface area contributed by atoms with Gasteiger partial charge in [-0.05, 0) is 108 Å². The van der Waals surface area contributed by atoms with Gasteiger partial charge in [0.25, 0.3) is 0 Å². The van der Waals surface area contributed by atoms with Crippen LogP contribution in [0.4, 0.5) is 0 Å². The Morgan fingerprint density at radius 1 is 0.308 bits per heavy atom. The summed E-state index contributed by atoms with van der Waals surface area (Å²) in [4.78, 5) is 15.7. The zero-order valence-electron chi connectivity index (χ0n) is 36.0. The zero-order chi connectivity index (χ0) is 43.7. The van der Waals surface area contributed by atoms with Crippen LogP contribution in [0, 0.1) is 0 Å². The van der Waals surface area contributed by atoms with E-state index in [4.69, 9.17) is 15.0 Å². The highest BCUT2D eigenvalue weighted by atomic mass is 15.0. The first-order valence-corrected chi connectivity index (χ1v) is 22.0. The van der Waals surface area contributed by atoms with Crippen LogP contribution in [0.5, 0.6) is 0 Å². The normalized spacial score (nSPS) is 11.2. The Morgan fingerprint density at radius 3 is 1.23 bits per heavy atom. The van der Waals surface area contributed by atoms with Crippen molar-refractivity contribution in [3.05, 3.63) is 243 Å². The zero-order valence-corrected chi connectivity index (χ0v) is 36.0. The van der Waals surface area contributed by atoms with E-state index in [-0.39, 0.29) is 0 Å². The lowest BCUT2D eigenvalue weighted by molar-refractivity contribution is 1.08. The van der Waals surface area contributed by atoms with Crippen molar-refractivity contribution in [2.24, 2.45) is 0 Å². The van der Waals surface area contributed by atoms with Crippen molar-refractivity contribution in [3.8, 4) is 89.8 Å². The van der Waals surface area contributed by atoms with Crippen molar-refractivity contribution in [3.63, 3.8) is 0 Å². The largest absolute Gasteiger partial charge is 0.208 e. The lowest BCUT2D eigenvalue weighted by atomic mass is 9.79. The van der Waals surface area contributed by atoms with Gasteiger partial charge in [-0.2, -0.15) is 0 Å². The molecule has 0 bridgehead atoms. The number of benzene rings is 10. The topological polar surface area (TPSA) is 38.7 Å². The first-order valence-electron chi connectivity index (χ1n) is 22.0. The van der Waals surface area contributed by atoms with Crippen LogP contribution in [0.15, 0.2) is 237 Å². The molecular formula is C62H43N3. The molecule has 11 rings (SSSR count). The van der Waals surface area contributed by atoms with Gasteiger partial charge < -0.3 is 0 Å². The lowest BCUT2D eigenvalue weighted by Gasteiger charge is -2.24. The summed E-state index contributed by atoms with van der Waals surface area (Å²) in [6, 6.07) is 81.6. The molecular weight excluding hydrogens is 787 g/mol. The van der Waals surface area contributed by atoms with E-state index in [9.17, 15) is 0 Å². The van der Waals surface area contributed by atoms with Gasteiger partial charge in [-0.1, -0.05) is 224 Å². The molecule has 65 heavy (non-hydrogen) atoms. The van der Waals surface area contributed by atoms with Crippen molar-refractivity contribution >= 4 is 27.1 Å². The van der Waals surface area contributed by atoms with Gasteiger partial charge in [-0.25, -0.2) is 15.0 Å². The van der Waals surface area contributed by atoms with E-state index in [0.29, 0.717) is 17.5 Å². The molecule has 1 aromatic heterocycles.